The zero-order chi connectivity index (χ0) is 15.3. The number of rotatable bonds is 5. The monoisotopic (exact) mass is 280 g/mol. The molecule has 0 heterocycles. The lowest BCUT2D eigenvalue weighted by Crippen LogP contribution is -2.39. The van der Waals surface area contributed by atoms with Gasteiger partial charge in [0.2, 0.25) is 5.91 Å². The second kappa shape index (κ2) is 6.50. The molecule has 1 aromatic rings. The predicted molar refractivity (Wildman–Crippen MR) is 73.1 cm³/mol. The largest absolute Gasteiger partial charge is 0.393 e. The van der Waals surface area contributed by atoms with Crippen molar-refractivity contribution >= 4 is 23.2 Å². The Morgan fingerprint density at radius 1 is 1.40 bits per heavy atom. The maximum absolute atomic E-state index is 11.9. The van der Waals surface area contributed by atoms with Gasteiger partial charge in [0.15, 0.2) is 0 Å². The van der Waals surface area contributed by atoms with Crippen LogP contribution in [0.2, 0.25) is 0 Å². The second-order valence-corrected chi connectivity index (χ2v) is 4.41. The summed E-state index contributed by atoms with van der Waals surface area (Å²) in [6.07, 6.45) is 0. The molecule has 0 aliphatic carbocycles. The van der Waals surface area contributed by atoms with E-state index in [2.05, 4.69) is 10.6 Å². The topological polar surface area (TPSA) is 127 Å². The van der Waals surface area contributed by atoms with Crippen LogP contribution in [0.3, 0.4) is 0 Å². The molecule has 0 fully saturated rings. The van der Waals surface area contributed by atoms with E-state index in [4.69, 9.17) is 5.73 Å². The number of anilines is 1. The summed E-state index contributed by atoms with van der Waals surface area (Å²) in [5.74, 6) is -1.09. The van der Waals surface area contributed by atoms with E-state index in [0.717, 1.165) is 0 Å². The number of para-hydroxylation sites is 1. The van der Waals surface area contributed by atoms with Crippen molar-refractivity contribution in [2.45, 2.75) is 19.9 Å². The molecule has 1 aromatic carbocycles. The van der Waals surface area contributed by atoms with Crippen LogP contribution < -0.4 is 16.4 Å². The SMILES string of the molecule is CC(C)NC(=O)CNC(=O)c1cccc(N)c1[N+](=O)[O-]. The highest BCUT2D eigenvalue weighted by atomic mass is 16.6. The van der Waals surface area contributed by atoms with Crippen molar-refractivity contribution in [2.24, 2.45) is 0 Å². The third kappa shape index (κ3) is 3.94. The van der Waals surface area contributed by atoms with Crippen molar-refractivity contribution in [3.05, 3.63) is 33.9 Å². The Kier molecular flexibility index (Phi) is 5.01. The van der Waals surface area contributed by atoms with E-state index in [0.29, 0.717) is 0 Å². The zero-order valence-electron chi connectivity index (χ0n) is 11.2. The number of nitro benzene ring substituents is 1. The van der Waals surface area contributed by atoms with Crippen LogP contribution in [0.15, 0.2) is 18.2 Å². The minimum atomic E-state index is -0.724. The van der Waals surface area contributed by atoms with Crippen molar-refractivity contribution in [2.75, 3.05) is 12.3 Å². The Bertz CT molecular complexity index is 542. The van der Waals surface area contributed by atoms with Crippen LogP contribution in [-0.2, 0) is 4.79 Å². The quantitative estimate of drug-likeness (QED) is 0.409. The van der Waals surface area contributed by atoms with Gasteiger partial charge in [0.1, 0.15) is 11.3 Å². The number of nitrogens with zero attached hydrogens (tertiary/aromatic N) is 1. The predicted octanol–water partition coefficient (Wildman–Crippen LogP) is 0.431. The summed E-state index contributed by atoms with van der Waals surface area (Å²) >= 11 is 0. The van der Waals surface area contributed by atoms with Crippen LogP contribution in [0.1, 0.15) is 24.2 Å². The Labute approximate surface area is 115 Å². The normalized spacial score (nSPS) is 10.2. The summed E-state index contributed by atoms with van der Waals surface area (Å²) in [4.78, 5) is 33.4. The van der Waals surface area contributed by atoms with Crippen LogP contribution in [0.25, 0.3) is 0 Å². The molecule has 0 saturated heterocycles. The van der Waals surface area contributed by atoms with Gasteiger partial charge in [-0.3, -0.25) is 19.7 Å². The summed E-state index contributed by atoms with van der Waals surface area (Å²) in [6.45, 7) is 3.30. The van der Waals surface area contributed by atoms with Crippen LogP contribution in [-0.4, -0.2) is 29.3 Å². The molecule has 0 aliphatic heterocycles. The van der Waals surface area contributed by atoms with Crippen molar-refractivity contribution in [3.8, 4) is 0 Å². The van der Waals surface area contributed by atoms with E-state index in [1.54, 1.807) is 13.8 Å². The molecule has 0 unspecified atom stereocenters. The highest BCUT2D eigenvalue weighted by Crippen LogP contribution is 2.25. The second-order valence-electron chi connectivity index (χ2n) is 4.41. The van der Waals surface area contributed by atoms with Gasteiger partial charge in [-0.15, -0.1) is 0 Å². The van der Waals surface area contributed by atoms with Crippen molar-refractivity contribution in [1.82, 2.24) is 10.6 Å². The standard InChI is InChI=1S/C12H16N4O4/c1-7(2)15-10(17)6-14-12(18)8-4-3-5-9(13)11(8)16(19)20/h3-5,7H,6,13H2,1-2H3,(H,14,18)(H,15,17). The fourth-order valence-corrected chi connectivity index (χ4v) is 1.58. The summed E-state index contributed by atoms with van der Waals surface area (Å²) in [5.41, 5.74) is 4.74. The van der Waals surface area contributed by atoms with Crippen molar-refractivity contribution in [3.63, 3.8) is 0 Å². The Morgan fingerprint density at radius 3 is 2.60 bits per heavy atom. The maximum atomic E-state index is 11.9. The first-order valence-corrected chi connectivity index (χ1v) is 5.93. The third-order valence-corrected chi connectivity index (χ3v) is 2.35. The lowest BCUT2D eigenvalue weighted by molar-refractivity contribution is -0.384. The molecule has 0 aliphatic rings. The molecule has 108 valence electrons. The average molecular weight is 280 g/mol. The number of nitrogen functional groups attached to an aromatic ring is 1. The highest BCUT2D eigenvalue weighted by molar-refractivity contribution is 6.01. The van der Waals surface area contributed by atoms with Gasteiger partial charge in [0.05, 0.1) is 11.5 Å². The molecule has 8 heteroatoms. The number of nitrogens with one attached hydrogen (secondary N) is 2. The molecule has 8 nitrogen and oxygen atoms in total. The molecule has 0 spiro atoms. The number of amides is 2. The minimum Gasteiger partial charge on any atom is -0.393 e. The lowest BCUT2D eigenvalue weighted by atomic mass is 10.1. The molecule has 0 bridgehead atoms. The summed E-state index contributed by atoms with van der Waals surface area (Å²) < 4.78 is 0. The number of nitro groups is 1. The van der Waals surface area contributed by atoms with Gasteiger partial charge >= 0.3 is 5.69 Å². The molecule has 0 atom stereocenters. The van der Waals surface area contributed by atoms with E-state index >= 15 is 0 Å². The molecular weight excluding hydrogens is 264 g/mol. The van der Waals surface area contributed by atoms with E-state index < -0.39 is 16.5 Å². The molecule has 0 radical (unpaired) electrons. The summed E-state index contributed by atoms with van der Waals surface area (Å²) in [7, 11) is 0. The van der Waals surface area contributed by atoms with Gasteiger partial charge < -0.3 is 16.4 Å². The first kappa shape index (κ1) is 15.4. The molecule has 20 heavy (non-hydrogen) atoms. The number of carbonyl (C=O) groups is 2. The van der Waals surface area contributed by atoms with E-state index in [9.17, 15) is 19.7 Å². The Hall–Kier alpha value is -2.64. The number of carbonyl (C=O) groups excluding carboxylic acids is 2. The molecular formula is C12H16N4O4. The number of hydrogen-bond donors (Lipinski definition) is 3. The average Bonchev–Trinajstić information content (AvgIpc) is 2.34. The smallest absolute Gasteiger partial charge is 0.304 e. The maximum Gasteiger partial charge on any atom is 0.304 e. The Morgan fingerprint density at radius 2 is 2.05 bits per heavy atom. The number of benzene rings is 1. The van der Waals surface area contributed by atoms with E-state index in [1.165, 1.54) is 18.2 Å². The third-order valence-electron chi connectivity index (χ3n) is 2.35. The van der Waals surface area contributed by atoms with Gasteiger partial charge in [-0.2, -0.15) is 0 Å². The Balaban J connectivity index is 2.81. The zero-order valence-corrected chi connectivity index (χ0v) is 11.2. The van der Waals surface area contributed by atoms with Gasteiger partial charge in [0.25, 0.3) is 5.91 Å². The molecule has 1 rings (SSSR count). The van der Waals surface area contributed by atoms with Crippen LogP contribution in [0.5, 0.6) is 0 Å². The van der Waals surface area contributed by atoms with E-state index in [-0.39, 0.29) is 29.7 Å². The summed E-state index contributed by atoms with van der Waals surface area (Å²) in [6, 6.07) is 4.00. The number of hydrogen-bond acceptors (Lipinski definition) is 5. The van der Waals surface area contributed by atoms with Crippen molar-refractivity contribution in [1.29, 1.82) is 0 Å². The highest BCUT2D eigenvalue weighted by Gasteiger charge is 2.23. The fourth-order valence-electron chi connectivity index (χ4n) is 1.58. The van der Waals surface area contributed by atoms with Crippen molar-refractivity contribution < 1.29 is 14.5 Å². The summed E-state index contributed by atoms with van der Waals surface area (Å²) in [5, 5.41) is 15.8. The molecule has 2 amide bonds. The molecule has 4 N–H and O–H groups in total. The van der Waals surface area contributed by atoms with Crippen LogP contribution in [0, 0.1) is 10.1 Å². The van der Waals surface area contributed by atoms with Gasteiger partial charge in [0, 0.05) is 6.04 Å². The minimum absolute atomic E-state index is 0.0545. The first-order valence-electron chi connectivity index (χ1n) is 5.93. The van der Waals surface area contributed by atoms with Crippen LogP contribution in [0.4, 0.5) is 11.4 Å². The lowest BCUT2D eigenvalue weighted by Gasteiger charge is -2.09. The van der Waals surface area contributed by atoms with Gasteiger partial charge in [-0.1, -0.05) is 6.07 Å². The van der Waals surface area contributed by atoms with E-state index in [1.807, 2.05) is 0 Å². The fraction of sp³-hybridized carbons (Fsp3) is 0.333. The molecule has 0 aromatic heterocycles. The van der Waals surface area contributed by atoms with Crippen LogP contribution >= 0.6 is 0 Å². The van der Waals surface area contributed by atoms with Gasteiger partial charge in [-0.05, 0) is 26.0 Å². The number of nitrogens with two attached hydrogens (primary N) is 1. The first-order chi connectivity index (χ1) is 9.32. The van der Waals surface area contributed by atoms with Gasteiger partial charge in [-0.25, -0.2) is 0 Å². The molecule has 0 saturated carbocycles.